The first-order valence-electron chi connectivity index (χ1n) is 8.18. The number of aryl methyl sites for hydroxylation is 4. The molecule has 2 aromatic rings. The van der Waals surface area contributed by atoms with Crippen LogP contribution in [0.5, 0.6) is 5.75 Å². The van der Waals surface area contributed by atoms with E-state index < -0.39 is 10.0 Å². The molecule has 0 aromatic heterocycles. The molecule has 7 heteroatoms. The molecule has 0 aliphatic heterocycles. The minimum atomic E-state index is -3.59. The molecule has 6 nitrogen and oxygen atoms in total. The van der Waals surface area contributed by atoms with Gasteiger partial charge in [0.05, 0.1) is 4.90 Å². The topological polar surface area (TPSA) is 84.5 Å². The second-order valence-electron chi connectivity index (χ2n) is 6.25. The molecular weight excluding hydrogens is 352 g/mol. The summed E-state index contributed by atoms with van der Waals surface area (Å²) in [5, 5.41) is 2.67. The van der Waals surface area contributed by atoms with Crippen LogP contribution in [-0.2, 0) is 14.8 Å². The zero-order chi connectivity index (χ0) is 19.5. The van der Waals surface area contributed by atoms with Crippen molar-refractivity contribution in [2.75, 3.05) is 19.0 Å². The summed E-state index contributed by atoms with van der Waals surface area (Å²) in [4.78, 5) is 12.3. The Morgan fingerprint density at radius 2 is 1.62 bits per heavy atom. The fourth-order valence-corrected chi connectivity index (χ4v) is 3.80. The highest BCUT2D eigenvalue weighted by molar-refractivity contribution is 7.89. The lowest BCUT2D eigenvalue weighted by molar-refractivity contribution is -0.118. The van der Waals surface area contributed by atoms with Gasteiger partial charge in [0.2, 0.25) is 10.0 Å². The predicted molar refractivity (Wildman–Crippen MR) is 102 cm³/mol. The molecule has 2 aromatic carbocycles. The quantitative estimate of drug-likeness (QED) is 0.812. The third-order valence-corrected chi connectivity index (χ3v) is 5.54. The van der Waals surface area contributed by atoms with Crippen LogP contribution < -0.4 is 14.8 Å². The summed E-state index contributed by atoms with van der Waals surface area (Å²) >= 11 is 0. The Morgan fingerprint density at radius 3 is 2.19 bits per heavy atom. The Morgan fingerprint density at radius 1 is 1.00 bits per heavy atom. The highest BCUT2D eigenvalue weighted by Crippen LogP contribution is 2.24. The molecule has 0 saturated carbocycles. The van der Waals surface area contributed by atoms with Crippen molar-refractivity contribution in [2.24, 2.45) is 0 Å². The molecule has 0 atom stereocenters. The summed E-state index contributed by atoms with van der Waals surface area (Å²) in [5.41, 5.74) is 4.06. The lowest BCUT2D eigenvalue weighted by atomic mass is 10.1. The van der Waals surface area contributed by atoms with Gasteiger partial charge in [-0.1, -0.05) is 23.8 Å². The average Bonchev–Trinajstić information content (AvgIpc) is 2.55. The van der Waals surface area contributed by atoms with Crippen molar-refractivity contribution >= 4 is 21.6 Å². The summed E-state index contributed by atoms with van der Waals surface area (Å²) in [7, 11) is -2.24. The van der Waals surface area contributed by atoms with Crippen molar-refractivity contribution < 1.29 is 17.9 Å². The van der Waals surface area contributed by atoms with Crippen molar-refractivity contribution in [3.63, 3.8) is 0 Å². The van der Waals surface area contributed by atoms with E-state index in [9.17, 15) is 13.2 Å². The molecule has 26 heavy (non-hydrogen) atoms. The van der Waals surface area contributed by atoms with E-state index in [4.69, 9.17) is 4.74 Å². The molecule has 0 spiro atoms. The van der Waals surface area contributed by atoms with Gasteiger partial charge in [0.25, 0.3) is 5.91 Å². The molecule has 2 rings (SSSR count). The van der Waals surface area contributed by atoms with Crippen LogP contribution in [0.1, 0.15) is 22.3 Å². The molecule has 0 unspecified atom stereocenters. The van der Waals surface area contributed by atoms with Gasteiger partial charge in [-0.3, -0.25) is 4.79 Å². The van der Waals surface area contributed by atoms with E-state index in [1.165, 1.54) is 13.1 Å². The Bertz CT molecular complexity index is 914. The third kappa shape index (κ3) is 4.62. The number of carbonyl (C=O) groups is 1. The number of anilines is 1. The maximum Gasteiger partial charge on any atom is 0.262 e. The van der Waals surface area contributed by atoms with E-state index in [1.54, 1.807) is 19.1 Å². The van der Waals surface area contributed by atoms with Crippen LogP contribution >= 0.6 is 0 Å². The average molecular weight is 376 g/mol. The van der Waals surface area contributed by atoms with Crippen LogP contribution in [0.15, 0.2) is 35.2 Å². The summed E-state index contributed by atoms with van der Waals surface area (Å²) in [5.74, 6) is 0.328. The van der Waals surface area contributed by atoms with Gasteiger partial charge in [-0.05, 0) is 63.6 Å². The third-order valence-electron chi connectivity index (χ3n) is 3.98. The van der Waals surface area contributed by atoms with Crippen molar-refractivity contribution in [1.82, 2.24) is 4.72 Å². The number of rotatable bonds is 6. The molecule has 0 aliphatic carbocycles. The molecule has 0 fully saturated rings. The number of hydrogen-bond donors (Lipinski definition) is 2. The van der Waals surface area contributed by atoms with E-state index in [2.05, 4.69) is 10.0 Å². The van der Waals surface area contributed by atoms with Crippen LogP contribution in [-0.4, -0.2) is 28.0 Å². The number of sulfonamides is 1. The Kier molecular flexibility index (Phi) is 6.05. The standard InChI is InChI=1S/C19H24N2O4S/c1-12-8-14(3)19(15(4)9-12)25-11-18(22)21-16-7-6-13(2)17(10-16)26(23,24)20-5/h6-10,20H,11H2,1-5H3,(H,21,22). The van der Waals surface area contributed by atoms with Crippen molar-refractivity contribution in [3.8, 4) is 5.75 Å². The summed E-state index contributed by atoms with van der Waals surface area (Å²) < 4.78 is 32.0. The lowest BCUT2D eigenvalue weighted by Gasteiger charge is -2.14. The van der Waals surface area contributed by atoms with E-state index >= 15 is 0 Å². The van der Waals surface area contributed by atoms with Crippen LogP contribution in [0.2, 0.25) is 0 Å². The van der Waals surface area contributed by atoms with Gasteiger partial charge in [-0.25, -0.2) is 13.1 Å². The smallest absolute Gasteiger partial charge is 0.262 e. The second-order valence-corrected chi connectivity index (χ2v) is 8.11. The number of benzene rings is 2. The van der Waals surface area contributed by atoms with Crippen molar-refractivity contribution in [1.29, 1.82) is 0 Å². The van der Waals surface area contributed by atoms with Crippen LogP contribution in [0, 0.1) is 27.7 Å². The maximum atomic E-state index is 12.2. The molecule has 0 bridgehead atoms. The van der Waals surface area contributed by atoms with Crippen molar-refractivity contribution in [3.05, 3.63) is 52.6 Å². The Hall–Kier alpha value is -2.38. The molecule has 2 N–H and O–H groups in total. The number of nitrogens with one attached hydrogen (secondary N) is 2. The summed E-state index contributed by atoms with van der Waals surface area (Å²) in [6.07, 6.45) is 0. The van der Waals surface area contributed by atoms with Gasteiger partial charge in [0.15, 0.2) is 6.61 Å². The largest absolute Gasteiger partial charge is 0.483 e. The zero-order valence-electron chi connectivity index (χ0n) is 15.6. The molecule has 140 valence electrons. The Labute approximate surface area is 154 Å². The first kappa shape index (κ1) is 19.9. The summed E-state index contributed by atoms with van der Waals surface area (Å²) in [6, 6.07) is 8.73. The summed E-state index contributed by atoms with van der Waals surface area (Å²) in [6.45, 7) is 7.41. The normalized spacial score (nSPS) is 11.3. The predicted octanol–water partition coefficient (Wildman–Crippen LogP) is 2.85. The number of amides is 1. The van der Waals surface area contributed by atoms with Crippen LogP contribution in [0.3, 0.4) is 0 Å². The van der Waals surface area contributed by atoms with Gasteiger partial charge in [-0.15, -0.1) is 0 Å². The van der Waals surface area contributed by atoms with Gasteiger partial charge < -0.3 is 10.1 Å². The van der Waals surface area contributed by atoms with Crippen molar-refractivity contribution in [2.45, 2.75) is 32.6 Å². The second kappa shape index (κ2) is 7.88. The highest BCUT2D eigenvalue weighted by Gasteiger charge is 2.16. The SMILES string of the molecule is CNS(=O)(=O)c1cc(NC(=O)COc2c(C)cc(C)cc2C)ccc1C. The fourth-order valence-electron chi connectivity index (χ4n) is 2.81. The highest BCUT2D eigenvalue weighted by atomic mass is 32.2. The minimum absolute atomic E-state index is 0.129. The van der Waals surface area contributed by atoms with E-state index in [0.29, 0.717) is 17.0 Å². The Balaban J connectivity index is 2.11. The number of hydrogen-bond acceptors (Lipinski definition) is 4. The monoisotopic (exact) mass is 376 g/mol. The van der Waals surface area contributed by atoms with E-state index in [1.807, 2.05) is 32.9 Å². The van der Waals surface area contributed by atoms with E-state index in [0.717, 1.165) is 16.7 Å². The van der Waals surface area contributed by atoms with Gasteiger partial charge >= 0.3 is 0 Å². The van der Waals surface area contributed by atoms with Gasteiger partial charge in [-0.2, -0.15) is 0 Å². The molecule has 0 radical (unpaired) electrons. The minimum Gasteiger partial charge on any atom is -0.483 e. The van der Waals surface area contributed by atoms with Crippen LogP contribution in [0.25, 0.3) is 0 Å². The lowest BCUT2D eigenvalue weighted by Crippen LogP contribution is -2.22. The molecular formula is C19H24N2O4S. The molecule has 0 aliphatic rings. The van der Waals surface area contributed by atoms with E-state index in [-0.39, 0.29) is 17.4 Å². The molecule has 0 heterocycles. The van der Waals surface area contributed by atoms with Crippen LogP contribution in [0.4, 0.5) is 5.69 Å². The fraction of sp³-hybridized carbons (Fsp3) is 0.316. The number of ether oxygens (including phenoxy) is 1. The van der Waals surface area contributed by atoms with Gasteiger partial charge in [0.1, 0.15) is 5.75 Å². The zero-order valence-corrected chi connectivity index (χ0v) is 16.5. The van der Waals surface area contributed by atoms with Gasteiger partial charge in [0, 0.05) is 5.69 Å². The molecule has 1 amide bonds. The maximum absolute atomic E-state index is 12.2. The first-order chi connectivity index (χ1) is 12.1. The molecule has 0 saturated heterocycles. The first-order valence-corrected chi connectivity index (χ1v) is 9.67. The number of carbonyl (C=O) groups excluding carboxylic acids is 1.